The summed E-state index contributed by atoms with van der Waals surface area (Å²) in [6.45, 7) is 5.10. The molecule has 28 heavy (non-hydrogen) atoms. The number of nitrogens with zero attached hydrogens (tertiary/aromatic N) is 2. The van der Waals surface area contributed by atoms with E-state index in [-0.39, 0.29) is 42.8 Å². The molecular weight excluding hydrogens is 513 g/mol. The van der Waals surface area contributed by atoms with Gasteiger partial charge >= 0.3 is 0 Å². The summed E-state index contributed by atoms with van der Waals surface area (Å²) < 4.78 is 0.632. The molecule has 0 aliphatic heterocycles. The van der Waals surface area contributed by atoms with Gasteiger partial charge in [0.05, 0.1) is 10.9 Å². The van der Waals surface area contributed by atoms with Crippen molar-refractivity contribution in [1.29, 1.82) is 0 Å². The summed E-state index contributed by atoms with van der Waals surface area (Å²) >= 11 is 7.22. The quantitative estimate of drug-likeness (QED) is 0.235. The molecule has 2 rings (SSSR count). The SMILES string of the molecule is CCNC(=NCC(O)c1ccc(Cl)s1)NCCC(=O)Nc1cccc(C)n1.I. The minimum Gasteiger partial charge on any atom is -0.386 e. The Balaban J connectivity index is 0.00000392. The molecule has 0 aliphatic carbocycles. The molecule has 0 saturated carbocycles. The Morgan fingerprint density at radius 1 is 1.32 bits per heavy atom. The number of aryl methyl sites for hydroxylation is 1. The maximum absolute atomic E-state index is 12.0. The van der Waals surface area contributed by atoms with Crippen molar-refractivity contribution in [3.63, 3.8) is 0 Å². The van der Waals surface area contributed by atoms with Gasteiger partial charge in [0, 0.05) is 30.1 Å². The smallest absolute Gasteiger partial charge is 0.227 e. The first-order valence-corrected chi connectivity index (χ1v) is 9.86. The topological polar surface area (TPSA) is 98.6 Å². The van der Waals surface area contributed by atoms with Gasteiger partial charge in [-0.3, -0.25) is 9.79 Å². The van der Waals surface area contributed by atoms with Crippen LogP contribution in [0.5, 0.6) is 0 Å². The van der Waals surface area contributed by atoms with E-state index in [0.29, 0.717) is 29.2 Å². The van der Waals surface area contributed by atoms with Gasteiger partial charge in [-0.15, -0.1) is 35.3 Å². The molecule has 0 aliphatic rings. The number of halogens is 2. The van der Waals surface area contributed by atoms with Gasteiger partial charge < -0.3 is 21.1 Å². The molecule has 2 heterocycles. The van der Waals surface area contributed by atoms with Gasteiger partial charge in [0.25, 0.3) is 0 Å². The third-order valence-corrected chi connectivity index (χ3v) is 4.82. The van der Waals surface area contributed by atoms with Crippen LogP contribution in [-0.2, 0) is 4.79 Å². The molecule has 0 aromatic carbocycles. The lowest BCUT2D eigenvalue weighted by Crippen LogP contribution is -2.39. The summed E-state index contributed by atoms with van der Waals surface area (Å²) in [5, 5.41) is 19.1. The van der Waals surface area contributed by atoms with Crippen LogP contribution in [0.3, 0.4) is 0 Å². The summed E-state index contributed by atoms with van der Waals surface area (Å²) in [6.07, 6.45) is -0.447. The zero-order valence-electron chi connectivity index (χ0n) is 15.7. The predicted octanol–water partition coefficient (Wildman–Crippen LogP) is 3.34. The number of aliphatic hydroxyl groups is 1. The number of carbonyl (C=O) groups excluding carboxylic acids is 1. The molecule has 1 atom stereocenters. The summed E-state index contributed by atoms with van der Waals surface area (Å²) in [5.74, 6) is 0.948. The molecule has 10 heteroatoms. The predicted molar refractivity (Wildman–Crippen MR) is 126 cm³/mol. The zero-order chi connectivity index (χ0) is 19.6. The van der Waals surface area contributed by atoms with E-state index in [4.69, 9.17) is 11.6 Å². The zero-order valence-corrected chi connectivity index (χ0v) is 19.6. The first kappa shape index (κ1) is 24.6. The van der Waals surface area contributed by atoms with Gasteiger partial charge in [0.15, 0.2) is 5.96 Å². The summed E-state index contributed by atoms with van der Waals surface area (Å²) in [5.41, 5.74) is 0.845. The number of pyridine rings is 1. The number of nitrogens with one attached hydrogen (secondary N) is 3. The van der Waals surface area contributed by atoms with Crippen molar-refractivity contribution >= 4 is 64.6 Å². The monoisotopic (exact) mass is 537 g/mol. The molecule has 0 bridgehead atoms. The largest absolute Gasteiger partial charge is 0.386 e. The van der Waals surface area contributed by atoms with E-state index in [2.05, 4.69) is 25.9 Å². The van der Waals surface area contributed by atoms with E-state index in [0.717, 1.165) is 10.6 Å². The van der Waals surface area contributed by atoms with Crippen molar-refractivity contribution in [2.24, 2.45) is 4.99 Å². The number of aliphatic imine (C=N–C) groups is 1. The van der Waals surface area contributed by atoms with Crippen molar-refractivity contribution in [3.8, 4) is 0 Å². The van der Waals surface area contributed by atoms with E-state index in [1.54, 1.807) is 18.2 Å². The summed E-state index contributed by atoms with van der Waals surface area (Å²) in [7, 11) is 0. The number of aromatic nitrogens is 1. The van der Waals surface area contributed by atoms with Crippen LogP contribution in [0, 0.1) is 6.92 Å². The Morgan fingerprint density at radius 2 is 2.11 bits per heavy atom. The maximum Gasteiger partial charge on any atom is 0.227 e. The van der Waals surface area contributed by atoms with Crippen LogP contribution < -0.4 is 16.0 Å². The number of anilines is 1. The number of thiophene rings is 1. The molecule has 7 nitrogen and oxygen atoms in total. The number of aliphatic hydroxyl groups excluding tert-OH is 1. The fourth-order valence-electron chi connectivity index (χ4n) is 2.23. The Morgan fingerprint density at radius 3 is 2.75 bits per heavy atom. The molecule has 154 valence electrons. The summed E-state index contributed by atoms with van der Waals surface area (Å²) in [4.78, 5) is 21.4. The Kier molecular flexibility index (Phi) is 11.4. The number of amides is 1. The Labute approximate surface area is 191 Å². The van der Waals surface area contributed by atoms with Crippen LogP contribution in [-0.4, -0.2) is 41.6 Å². The highest BCUT2D eigenvalue weighted by Crippen LogP contribution is 2.26. The molecule has 1 amide bonds. The van der Waals surface area contributed by atoms with Gasteiger partial charge in [0.2, 0.25) is 5.91 Å². The Hall–Kier alpha value is -1.43. The van der Waals surface area contributed by atoms with E-state index in [1.807, 2.05) is 26.0 Å². The lowest BCUT2D eigenvalue weighted by Gasteiger charge is -2.12. The number of hydrogen-bond donors (Lipinski definition) is 4. The molecule has 1 unspecified atom stereocenters. The minimum atomic E-state index is -0.714. The highest BCUT2D eigenvalue weighted by Gasteiger charge is 2.10. The third kappa shape index (κ3) is 8.72. The second kappa shape index (κ2) is 12.9. The van der Waals surface area contributed by atoms with E-state index >= 15 is 0 Å². The lowest BCUT2D eigenvalue weighted by molar-refractivity contribution is -0.116. The van der Waals surface area contributed by atoms with Crippen molar-refractivity contribution < 1.29 is 9.90 Å². The molecule has 0 radical (unpaired) electrons. The molecule has 0 spiro atoms. The normalized spacial score (nSPS) is 12.1. The molecule has 2 aromatic heterocycles. The van der Waals surface area contributed by atoms with Crippen molar-refractivity contribution in [1.82, 2.24) is 15.6 Å². The first-order valence-electron chi connectivity index (χ1n) is 8.67. The van der Waals surface area contributed by atoms with Gasteiger partial charge in [0.1, 0.15) is 11.9 Å². The molecule has 0 saturated heterocycles. The van der Waals surface area contributed by atoms with Gasteiger partial charge in [-0.05, 0) is 38.1 Å². The molecule has 0 fully saturated rings. The number of rotatable bonds is 8. The van der Waals surface area contributed by atoms with Crippen LogP contribution >= 0.6 is 46.9 Å². The Bertz CT molecular complexity index is 787. The van der Waals surface area contributed by atoms with Crippen molar-refractivity contribution in [3.05, 3.63) is 45.2 Å². The standard InChI is InChI=1S/C18H24ClN5O2S.HI/c1-3-20-18(22-11-13(25)14-7-8-15(19)27-14)21-10-9-17(26)24-16-6-4-5-12(2)23-16;/h4-8,13,25H,3,9-11H2,1-2H3,(H2,20,21,22)(H,23,24,26);1H. The van der Waals surface area contributed by atoms with Crippen LogP contribution in [0.2, 0.25) is 4.34 Å². The minimum absolute atomic E-state index is 0. The van der Waals surface area contributed by atoms with Crippen molar-refractivity contribution in [2.45, 2.75) is 26.4 Å². The first-order chi connectivity index (χ1) is 13.0. The van der Waals surface area contributed by atoms with Crippen molar-refractivity contribution in [2.75, 3.05) is 25.0 Å². The third-order valence-electron chi connectivity index (χ3n) is 3.49. The van der Waals surface area contributed by atoms with Crippen LogP contribution in [0.4, 0.5) is 5.82 Å². The number of hydrogen-bond acceptors (Lipinski definition) is 5. The van der Waals surface area contributed by atoms with Crippen LogP contribution in [0.25, 0.3) is 0 Å². The van der Waals surface area contributed by atoms with Gasteiger partial charge in [-0.25, -0.2) is 4.98 Å². The number of carbonyl (C=O) groups is 1. The van der Waals surface area contributed by atoms with E-state index in [9.17, 15) is 9.90 Å². The average molecular weight is 538 g/mol. The highest BCUT2D eigenvalue weighted by atomic mass is 127. The molecule has 4 N–H and O–H groups in total. The van der Waals surface area contributed by atoms with Crippen LogP contribution in [0.1, 0.15) is 30.0 Å². The fourth-order valence-corrected chi connectivity index (χ4v) is 3.27. The fraction of sp³-hybridized carbons (Fsp3) is 0.389. The van der Waals surface area contributed by atoms with E-state index in [1.165, 1.54) is 11.3 Å². The lowest BCUT2D eigenvalue weighted by atomic mass is 10.3. The van der Waals surface area contributed by atoms with Gasteiger partial charge in [-0.1, -0.05) is 17.7 Å². The molecule has 2 aromatic rings. The van der Waals surface area contributed by atoms with E-state index < -0.39 is 6.10 Å². The summed E-state index contributed by atoms with van der Waals surface area (Å²) in [6, 6.07) is 9.01. The number of guanidine groups is 1. The molecular formula is C18H25ClIN5O2S. The highest BCUT2D eigenvalue weighted by molar-refractivity contribution is 14.0. The second-order valence-corrected chi connectivity index (χ2v) is 7.51. The second-order valence-electron chi connectivity index (χ2n) is 5.77. The van der Waals surface area contributed by atoms with Gasteiger partial charge in [-0.2, -0.15) is 0 Å². The average Bonchev–Trinajstić information content (AvgIpc) is 3.06. The van der Waals surface area contributed by atoms with Crippen LogP contribution in [0.15, 0.2) is 35.3 Å². The maximum atomic E-state index is 12.0.